The van der Waals surface area contributed by atoms with Crippen molar-refractivity contribution >= 4 is 23.4 Å². The van der Waals surface area contributed by atoms with E-state index in [1.807, 2.05) is 36.2 Å². The topological polar surface area (TPSA) is 77.2 Å². The molecule has 1 aromatic rings. The summed E-state index contributed by atoms with van der Waals surface area (Å²) in [6.07, 6.45) is 2.39. The highest BCUT2D eigenvalue weighted by molar-refractivity contribution is 5.89. The first kappa shape index (κ1) is 20.4. The first-order chi connectivity index (χ1) is 13.6. The lowest BCUT2D eigenvalue weighted by atomic mass is 10.0. The van der Waals surface area contributed by atoms with Crippen LogP contribution in [-0.4, -0.2) is 87.8 Å². The number of nitrogens with zero attached hydrogens (tertiary/aromatic N) is 3. The van der Waals surface area contributed by atoms with Gasteiger partial charge >= 0.3 is 12.0 Å². The van der Waals surface area contributed by atoms with Gasteiger partial charge in [0.1, 0.15) is 6.54 Å². The molecular formula is C20H31N5O3. The maximum Gasteiger partial charge on any atom is 0.325 e. The summed E-state index contributed by atoms with van der Waals surface area (Å²) in [6.45, 7) is 5.77. The molecule has 2 N–H and O–H groups in total. The molecule has 2 aliphatic heterocycles. The maximum atomic E-state index is 12.6. The van der Waals surface area contributed by atoms with Crippen LogP contribution in [0.15, 0.2) is 24.3 Å². The van der Waals surface area contributed by atoms with Crippen molar-refractivity contribution in [1.82, 2.24) is 15.1 Å². The summed E-state index contributed by atoms with van der Waals surface area (Å²) in [4.78, 5) is 30.2. The number of esters is 1. The lowest BCUT2D eigenvalue weighted by Crippen LogP contribution is -2.54. The number of piperazine rings is 1. The smallest absolute Gasteiger partial charge is 0.325 e. The van der Waals surface area contributed by atoms with Gasteiger partial charge in [-0.2, -0.15) is 0 Å². The average Bonchev–Trinajstić information content (AvgIpc) is 2.74. The predicted molar refractivity (Wildman–Crippen MR) is 110 cm³/mol. The summed E-state index contributed by atoms with van der Waals surface area (Å²) >= 11 is 0. The number of benzene rings is 1. The van der Waals surface area contributed by atoms with Crippen LogP contribution in [0.25, 0.3) is 0 Å². The zero-order valence-corrected chi connectivity index (χ0v) is 16.8. The van der Waals surface area contributed by atoms with Crippen molar-refractivity contribution < 1.29 is 14.3 Å². The van der Waals surface area contributed by atoms with Crippen molar-refractivity contribution in [3.05, 3.63) is 24.3 Å². The number of carbonyl (C=O) groups is 2. The van der Waals surface area contributed by atoms with E-state index in [4.69, 9.17) is 0 Å². The normalized spacial score (nSPS) is 18.6. The van der Waals surface area contributed by atoms with Crippen LogP contribution >= 0.6 is 0 Å². The fourth-order valence-corrected chi connectivity index (χ4v) is 3.81. The number of carbonyl (C=O) groups excluding carboxylic acids is 2. The van der Waals surface area contributed by atoms with Gasteiger partial charge in [-0.15, -0.1) is 0 Å². The molecule has 0 bridgehead atoms. The Morgan fingerprint density at radius 1 is 1.14 bits per heavy atom. The van der Waals surface area contributed by atoms with Crippen molar-refractivity contribution in [3.63, 3.8) is 0 Å². The maximum absolute atomic E-state index is 12.6. The minimum atomic E-state index is -0.288. The van der Waals surface area contributed by atoms with Gasteiger partial charge < -0.3 is 25.2 Å². The highest BCUT2D eigenvalue weighted by Gasteiger charge is 2.26. The summed E-state index contributed by atoms with van der Waals surface area (Å²) in [5.41, 5.74) is 1.64. The van der Waals surface area contributed by atoms with E-state index < -0.39 is 0 Å². The third-order valence-electron chi connectivity index (χ3n) is 5.58. The van der Waals surface area contributed by atoms with Gasteiger partial charge in [-0.1, -0.05) is 0 Å². The van der Waals surface area contributed by atoms with Gasteiger partial charge in [0.2, 0.25) is 0 Å². The number of piperidine rings is 1. The van der Waals surface area contributed by atoms with Crippen molar-refractivity contribution in [2.45, 2.75) is 18.9 Å². The van der Waals surface area contributed by atoms with E-state index in [-0.39, 0.29) is 18.5 Å². The molecule has 0 radical (unpaired) electrons. The first-order valence-electron chi connectivity index (χ1n) is 9.95. The number of rotatable bonds is 5. The van der Waals surface area contributed by atoms with Gasteiger partial charge in [0.05, 0.1) is 7.11 Å². The van der Waals surface area contributed by atoms with Crippen LogP contribution in [0.2, 0.25) is 0 Å². The molecule has 2 aliphatic rings. The van der Waals surface area contributed by atoms with Gasteiger partial charge in [-0.25, -0.2) is 4.79 Å². The molecule has 0 unspecified atom stereocenters. The van der Waals surface area contributed by atoms with Crippen molar-refractivity contribution in [2.75, 3.05) is 70.2 Å². The highest BCUT2D eigenvalue weighted by atomic mass is 16.5. The molecule has 28 heavy (non-hydrogen) atoms. The summed E-state index contributed by atoms with van der Waals surface area (Å²) < 4.78 is 4.68. The molecule has 1 aromatic carbocycles. The van der Waals surface area contributed by atoms with Gasteiger partial charge in [0.25, 0.3) is 0 Å². The summed E-state index contributed by atoms with van der Waals surface area (Å²) in [7, 11) is 3.20. The van der Waals surface area contributed by atoms with Crippen LogP contribution in [-0.2, 0) is 9.53 Å². The van der Waals surface area contributed by atoms with Gasteiger partial charge in [-0.3, -0.25) is 9.69 Å². The molecule has 2 fully saturated rings. The predicted octanol–water partition coefficient (Wildman–Crippen LogP) is 1.20. The minimum absolute atomic E-state index is 0.0550. The van der Waals surface area contributed by atoms with Crippen LogP contribution in [0, 0.1) is 0 Å². The molecule has 0 saturated carbocycles. The van der Waals surface area contributed by atoms with E-state index in [0.717, 1.165) is 50.6 Å². The zero-order valence-electron chi connectivity index (χ0n) is 16.8. The SMILES string of the molecule is COC(=O)CN(C)c1ccc(NC(=O)N2CCN(C3CCNCC3)CC2)cc1. The molecule has 3 rings (SSSR count). The number of methoxy groups -OCH3 is 1. The van der Waals surface area contributed by atoms with Crippen LogP contribution in [0.4, 0.5) is 16.2 Å². The first-order valence-corrected chi connectivity index (χ1v) is 9.95. The molecular weight excluding hydrogens is 358 g/mol. The van der Waals surface area contributed by atoms with Gasteiger partial charge in [0.15, 0.2) is 0 Å². The Balaban J connectivity index is 1.46. The number of urea groups is 1. The number of anilines is 2. The van der Waals surface area contributed by atoms with Crippen molar-refractivity contribution in [3.8, 4) is 0 Å². The third kappa shape index (κ3) is 5.36. The molecule has 0 aliphatic carbocycles. The van der Waals surface area contributed by atoms with E-state index in [1.165, 1.54) is 20.0 Å². The zero-order chi connectivity index (χ0) is 19.9. The second-order valence-electron chi connectivity index (χ2n) is 7.41. The Hall–Kier alpha value is -2.32. The summed E-state index contributed by atoms with van der Waals surface area (Å²) in [5, 5.41) is 6.38. The van der Waals surface area contributed by atoms with Crippen LogP contribution < -0.4 is 15.5 Å². The number of amides is 2. The Kier molecular flexibility index (Phi) is 7.11. The minimum Gasteiger partial charge on any atom is -0.468 e. The Morgan fingerprint density at radius 3 is 2.39 bits per heavy atom. The molecule has 2 heterocycles. The van der Waals surface area contributed by atoms with Crippen molar-refractivity contribution in [2.24, 2.45) is 0 Å². The Bertz CT molecular complexity index is 652. The lowest BCUT2D eigenvalue weighted by molar-refractivity contribution is -0.138. The number of hydrogen-bond donors (Lipinski definition) is 2. The van der Waals surface area contributed by atoms with E-state index in [0.29, 0.717) is 6.04 Å². The molecule has 154 valence electrons. The molecule has 0 atom stereocenters. The second kappa shape index (κ2) is 9.75. The van der Waals surface area contributed by atoms with E-state index >= 15 is 0 Å². The number of nitrogens with one attached hydrogen (secondary N) is 2. The molecule has 0 spiro atoms. The summed E-state index contributed by atoms with van der Waals surface area (Å²) in [5.74, 6) is -0.288. The van der Waals surface area contributed by atoms with E-state index in [2.05, 4.69) is 20.3 Å². The van der Waals surface area contributed by atoms with Gasteiger partial charge in [0, 0.05) is 50.6 Å². The monoisotopic (exact) mass is 389 g/mol. The lowest BCUT2D eigenvalue weighted by Gasteiger charge is -2.40. The van der Waals surface area contributed by atoms with Crippen LogP contribution in [0.1, 0.15) is 12.8 Å². The largest absolute Gasteiger partial charge is 0.468 e. The second-order valence-corrected chi connectivity index (χ2v) is 7.41. The Morgan fingerprint density at radius 2 is 1.79 bits per heavy atom. The third-order valence-corrected chi connectivity index (χ3v) is 5.58. The number of likely N-dealkylation sites (N-methyl/N-ethyl adjacent to an activating group) is 1. The molecule has 2 amide bonds. The van der Waals surface area contributed by atoms with Crippen LogP contribution in [0.5, 0.6) is 0 Å². The van der Waals surface area contributed by atoms with E-state index in [1.54, 1.807) is 4.90 Å². The molecule has 2 saturated heterocycles. The quantitative estimate of drug-likeness (QED) is 0.737. The van der Waals surface area contributed by atoms with Crippen LogP contribution in [0.3, 0.4) is 0 Å². The van der Waals surface area contributed by atoms with Crippen molar-refractivity contribution in [1.29, 1.82) is 0 Å². The van der Waals surface area contributed by atoms with E-state index in [9.17, 15) is 9.59 Å². The summed E-state index contributed by atoms with van der Waals surface area (Å²) in [6, 6.07) is 8.07. The number of hydrogen-bond acceptors (Lipinski definition) is 6. The highest BCUT2D eigenvalue weighted by Crippen LogP contribution is 2.18. The number of ether oxygens (including phenoxy) is 1. The fraction of sp³-hybridized carbons (Fsp3) is 0.600. The van der Waals surface area contributed by atoms with Gasteiger partial charge in [-0.05, 0) is 50.2 Å². The standard InChI is InChI=1S/C20H31N5O3/c1-23(15-19(26)28-2)17-5-3-16(4-6-17)22-20(27)25-13-11-24(12-14-25)18-7-9-21-10-8-18/h3-6,18,21H,7-15H2,1-2H3,(H,22,27). The molecule has 8 nitrogen and oxygen atoms in total. The molecule has 0 aromatic heterocycles. The fourth-order valence-electron chi connectivity index (χ4n) is 3.81. The molecule has 8 heteroatoms. The Labute approximate surface area is 166 Å². The average molecular weight is 390 g/mol.